The topological polar surface area (TPSA) is 133 Å². The fourth-order valence-electron chi connectivity index (χ4n) is 7.05. The first-order valence-electron chi connectivity index (χ1n) is 18.2. The maximum atomic E-state index is 13.2. The fourth-order valence-corrected chi connectivity index (χ4v) is 7.05. The Morgan fingerprint density at radius 2 is 1.59 bits per heavy atom. The van der Waals surface area contributed by atoms with Crippen LogP contribution in [0.1, 0.15) is 79.1 Å². The molecule has 4 aromatic carbocycles. The molecule has 2 aromatic heterocycles. The van der Waals surface area contributed by atoms with E-state index in [2.05, 4.69) is 10.4 Å². The normalized spacial score (nSPS) is 11.8. The van der Waals surface area contributed by atoms with Gasteiger partial charge in [0, 0.05) is 40.6 Å². The predicted molar refractivity (Wildman–Crippen MR) is 211 cm³/mol. The van der Waals surface area contributed by atoms with Gasteiger partial charge in [0.2, 0.25) is 0 Å². The van der Waals surface area contributed by atoms with Crippen LogP contribution in [0.25, 0.3) is 27.5 Å². The molecule has 0 fully saturated rings. The number of carbonyl (C=O) groups is 3. The van der Waals surface area contributed by atoms with Crippen molar-refractivity contribution >= 4 is 40.3 Å². The van der Waals surface area contributed by atoms with Crippen molar-refractivity contribution in [2.75, 3.05) is 26.7 Å². The van der Waals surface area contributed by atoms with Gasteiger partial charge in [-0.25, -0.2) is 13.9 Å². The molecule has 3 N–H and O–H groups in total. The van der Waals surface area contributed by atoms with Crippen molar-refractivity contribution in [1.82, 2.24) is 14.9 Å². The monoisotopic (exact) mass is 725 g/mol. The lowest BCUT2D eigenvalue weighted by atomic mass is 9.96. The second-order valence-electron chi connectivity index (χ2n) is 13.5. The zero-order valence-electron chi connectivity index (χ0n) is 30.8. The summed E-state index contributed by atoms with van der Waals surface area (Å²) >= 11 is 0. The van der Waals surface area contributed by atoms with Crippen LogP contribution in [0.15, 0.2) is 97.1 Å². The number of carboxylic acids is 1. The van der Waals surface area contributed by atoms with Crippen LogP contribution in [0.4, 0.5) is 0 Å². The molecule has 0 aliphatic heterocycles. The van der Waals surface area contributed by atoms with E-state index in [0.29, 0.717) is 54.8 Å². The predicted octanol–water partition coefficient (Wildman–Crippen LogP) is 7.84. The molecule has 54 heavy (non-hydrogen) atoms. The summed E-state index contributed by atoms with van der Waals surface area (Å²) in [4.78, 5) is 36.9. The number of fused-ring (bicyclic) bond motifs is 2. The average Bonchev–Trinajstić information content (AvgIpc) is 3.56. The second kappa shape index (κ2) is 17.0. The molecule has 6 aromatic rings. The highest BCUT2D eigenvalue weighted by Gasteiger charge is 2.22. The van der Waals surface area contributed by atoms with Crippen molar-refractivity contribution in [3.63, 3.8) is 0 Å². The molecule has 0 aliphatic carbocycles. The minimum atomic E-state index is -1.08. The van der Waals surface area contributed by atoms with E-state index in [0.717, 1.165) is 70.0 Å². The van der Waals surface area contributed by atoms with Gasteiger partial charge in [0.05, 0.1) is 23.4 Å². The van der Waals surface area contributed by atoms with Crippen LogP contribution in [0.2, 0.25) is 0 Å². The summed E-state index contributed by atoms with van der Waals surface area (Å²) in [5, 5.41) is 30.5. The Morgan fingerprint density at radius 1 is 0.870 bits per heavy atom. The number of amides is 1. The number of nitrogens with one attached hydrogen (secondary N) is 1. The van der Waals surface area contributed by atoms with E-state index in [1.54, 1.807) is 40.4 Å². The first-order valence-corrected chi connectivity index (χ1v) is 18.2. The van der Waals surface area contributed by atoms with Gasteiger partial charge in [-0.1, -0.05) is 60.7 Å². The number of aliphatic hydroxyl groups is 1. The quantitative estimate of drug-likeness (QED) is 0.0305. The van der Waals surface area contributed by atoms with Gasteiger partial charge in [-0.2, -0.15) is 5.10 Å². The number of carbonyl (C=O) groups excluding carboxylic acids is 2. The van der Waals surface area contributed by atoms with Crippen LogP contribution in [-0.4, -0.2) is 75.2 Å². The minimum Gasteiger partial charge on any atom is -0.493 e. The van der Waals surface area contributed by atoms with Gasteiger partial charge in [-0.05, 0) is 92.4 Å². The van der Waals surface area contributed by atoms with Crippen molar-refractivity contribution in [2.45, 2.75) is 46.0 Å². The summed E-state index contributed by atoms with van der Waals surface area (Å²) in [6.07, 6.45) is 4.23. The third-order valence-electron chi connectivity index (χ3n) is 9.74. The molecule has 6 rings (SSSR count). The molecule has 0 radical (unpaired) electrons. The van der Waals surface area contributed by atoms with Gasteiger partial charge in [-0.15, -0.1) is 0 Å². The van der Waals surface area contributed by atoms with E-state index in [1.807, 2.05) is 86.6 Å². The Morgan fingerprint density at radius 3 is 2.37 bits per heavy atom. The van der Waals surface area contributed by atoms with Crippen molar-refractivity contribution in [3.8, 4) is 17.0 Å². The second-order valence-corrected chi connectivity index (χ2v) is 13.5. The molecule has 0 saturated heterocycles. The van der Waals surface area contributed by atoms with Crippen molar-refractivity contribution in [1.29, 1.82) is 0 Å². The summed E-state index contributed by atoms with van der Waals surface area (Å²) < 4.78 is 9.57. The standard InChI is InChI=1S/C44H44N4O6/c1-29-26-33(42(50)45-23-9-4-10-24-47(3)43(51)35-18-8-6-15-32(35)28-49)27-30(2)40(29)38-21-12-20-37-36(41(44(52)53)46-48(37)38)19-13-25-54-39-22-11-16-31-14-5-7-17-34(31)39/h5-8,11-12,14-18,20-22,26-28H,4,9-10,13,19,23-25H2,1-3H3,(H2,45,50,52,53)/p+1. The number of rotatable bonds is 16. The molecule has 0 saturated carbocycles. The number of ether oxygens (including phenoxy) is 1. The maximum absolute atomic E-state index is 13.2. The lowest BCUT2D eigenvalue weighted by molar-refractivity contribution is -0.505. The van der Waals surface area contributed by atoms with Gasteiger partial charge in [0.25, 0.3) is 5.91 Å². The highest BCUT2D eigenvalue weighted by molar-refractivity contribution is 5.98. The molecule has 2 heterocycles. The number of hydrogen-bond acceptors (Lipinski definition) is 5. The SMILES string of the molecule is Cc1cc(C(=O)NCCCCC[N+](C)=C(O)c2ccccc2C=O)cc(C)c1-c1cccc2c(CCCOc3cccc4ccccc34)c(C(=O)O)nn12. The lowest BCUT2D eigenvalue weighted by Crippen LogP contribution is -2.25. The Balaban J connectivity index is 1.09. The van der Waals surface area contributed by atoms with Crippen LogP contribution in [-0.2, 0) is 6.42 Å². The van der Waals surface area contributed by atoms with Gasteiger partial charge in [0.1, 0.15) is 19.3 Å². The van der Waals surface area contributed by atoms with Crippen LogP contribution >= 0.6 is 0 Å². The van der Waals surface area contributed by atoms with Gasteiger partial charge in [0.15, 0.2) is 12.0 Å². The first kappa shape index (κ1) is 37.5. The van der Waals surface area contributed by atoms with E-state index in [9.17, 15) is 24.6 Å². The van der Waals surface area contributed by atoms with E-state index in [-0.39, 0.29) is 17.5 Å². The summed E-state index contributed by atoms with van der Waals surface area (Å²) in [5.74, 6) is -0.392. The van der Waals surface area contributed by atoms with Gasteiger partial charge < -0.3 is 20.3 Å². The van der Waals surface area contributed by atoms with Gasteiger partial charge >= 0.3 is 11.9 Å². The van der Waals surface area contributed by atoms with E-state index < -0.39 is 5.97 Å². The summed E-state index contributed by atoms with van der Waals surface area (Å²) in [5.41, 5.74) is 6.28. The largest absolute Gasteiger partial charge is 0.493 e. The zero-order valence-corrected chi connectivity index (χ0v) is 30.8. The van der Waals surface area contributed by atoms with E-state index >= 15 is 0 Å². The summed E-state index contributed by atoms with van der Waals surface area (Å²) in [7, 11) is 1.79. The number of aldehydes is 1. The number of aromatic carboxylic acids is 1. The number of nitrogens with zero attached hydrogens (tertiary/aromatic N) is 3. The summed E-state index contributed by atoms with van der Waals surface area (Å²) in [6.45, 7) is 5.42. The number of pyridine rings is 1. The number of aliphatic hydroxyl groups excluding tert-OH is 1. The number of hydrogen-bond donors (Lipinski definition) is 3. The molecule has 0 atom stereocenters. The van der Waals surface area contributed by atoms with Crippen molar-refractivity contribution in [3.05, 3.63) is 136 Å². The summed E-state index contributed by atoms with van der Waals surface area (Å²) in [6, 6.07) is 30.4. The molecule has 0 spiro atoms. The third-order valence-corrected chi connectivity index (χ3v) is 9.74. The number of carboxylic acid groups (broad SMARTS) is 1. The molecule has 276 valence electrons. The molecule has 1 amide bonds. The fraction of sp³-hybridized carbons (Fsp3) is 0.250. The molecule has 10 nitrogen and oxygen atoms in total. The first-order chi connectivity index (χ1) is 26.2. The van der Waals surface area contributed by atoms with Crippen LogP contribution < -0.4 is 10.1 Å². The smallest absolute Gasteiger partial charge is 0.367 e. The Kier molecular flexibility index (Phi) is 11.8. The average molecular weight is 726 g/mol. The van der Waals surface area contributed by atoms with Gasteiger partial charge in [-0.3, -0.25) is 9.59 Å². The molecule has 0 bridgehead atoms. The maximum Gasteiger partial charge on any atom is 0.367 e. The highest BCUT2D eigenvalue weighted by Crippen LogP contribution is 2.31. The molecule has 0 aliphatic rings. The highest BCUT2D eigenvalue weighted by atomic mass is 16.5. The molecule has 10 heteroatoms. The molecular formula is C44H45N4O6+. The molecule has 0 unspecified atom stereocenters. The number of aromatic nitrogens is 2. The Hall–Kier alpha value is -6.29. The Labute approximate surface area is 314 Å². The van der Waals surface area contributed by atoms with Crippen molar-refractivity contribution < 1.29 is 33.9 Å². The van der Waals surface area contributed by atoms with E-state index in [4.69, 9.17) is 4.74 Å². The number of unbranched alkanes of at least 4 members (excludes halogenated alkanes) is 2. The third kappa shape index (κ3) is 8.18. The van der Waals surface area contributed by atoms with Crippen LogP contribution in [0.3, 0.4) is 0 Å². The van der Waals surface area contributed by atoms with Crippen LogP contribution in [0, 0.1) is 13.8 Å². The number of benzene rings is 4. The number of aryl methyl sites for hydroxylation is 3. The minimum absolute atomic E-state index is 0.0173. The van der Waals surface area contributed by atoms with E-state index in [1.165, 1.54) is 0 Å². The lowest BCUT2D eigenvalue weighted by Gasteiger charge is -2.14. The Bertz CT molecular complexity index is 2350. The van der Waals surface area contributed by atoms with Crippen LogP contribution in [0.5, 0.6) is 5.75 Å². The molecular weight excluding hydrogens is 681 g/mol. The zero-order chi connectivity index (χ0) is 38.2. The van der Waals surface area contributed by atoms with Crippen molar-refractivity contribution in [2.24, 2.45) is 0 Å².